The molecule has 1 atom stereocenters. The zero-order valence-corrected chi connectivity index (χ0v) is 17.9. The van der Waals surface area contributed by atoms with Gasteiger partial charge in [0, 0.05) is 11.6 Å². The predicted molar refractivity (Wildman–Crippen MR) is 117 cm³/mol. The van der Waals surface area contributed by atoms with Gasteiger partial charge in [-0.3, -0.25) is 14.5 Å². The quantitative estimate of drug-likeness (QED) is 0.355. The molecule has 2 aromatic carbocycles. The number of hydrogen-bond acceptors (Lipinski definition) is 7. The number of hydrogen-bond donors (Lipinski definition) is 1. The van der Waals surface area contributed by atoms with Crippen molar-refractivity contribution in [2.75, 3.05) is 18.6 Å². The SMILES string of the molecule is CCOc1ccc(/C(O)=C2\C(=O)C(=O)N(c3cc(C)on3)[C@H]2c2cccc(OC)c2)cc1. The number of Topliss-reactive ketones (excluding diaryl/α,β-unsaturated/α-hetero) is 1. The topological polar surface area (TPSA) is 102 Å². The van der Waals surface area contributed by atoms with Crippen LogP contribution in [0.5, 0.6) is 11.5 Å². The number of aryl methyl sites for hydroxylation is 1. The van der Waals surface area contributed by atoms with E-state index >= 15 is 0 Å². The third-order valence-corrected chi connectivity index (χ3v) is 5.16. The molecule has 1 fully saturated rings. The summed E-state index contributed by atoms with van der Waals surface area (Å²) < 4.78 is 15.9. The number of aliphatic hydroxyl groups is 1. The molecule has 1 amide bonds. The van der Waals surface area contributed by atoms with Crippen LogP contribution in [-0.4, -0.2) is 35.7 Å². The zero-order chi connectivity index (χ0) is 22.8. The van der Waals surface area contributed by atoms with Gasteiger partial charge in [-0.05, 0) is 55.8 Å². The number of benzene rings is 2. The minimum Gasteiger partial charge on any atom is -0.507 e. The van der Waals surface area contributed by atoms with Crippen LogP contribution in [0.15, 0.2) is 64.7 Å². The highest BCUT2D eigenvalue weighted by Crippen LogP contribution is 2.42. The molecule has 0 bridgehead atoms. The second kappa shape index (κ2) is 8.58. The lowest BCUT2D eigenvalue weighted by Gasteiger charge is -2.23. The number of methoxy groups -OCH3 is 1. The first-order valence-corrected chi connectivity index (χ1v) is 10.1. The Bertz CT molecular complexity index is 1200. The highest BCUT2D eigenvalue weighted by Gasteiger charge is 2.48. The van der Waals surface area contributed by atoms with E-state index in [1.165, 1.54) is 12.0 Å². The summed E-state index contributed by atoms with van der Waals surface area (Å²) in [4.78, 5) is 27.4. The molecule has 1 N–H and O–H groups in total. The molecule has 3 aromatic rings. The standard InChI is InChI=1S/C24H22N2O6/c1-4-31-17-10-8-15(9-11-17)22(27)20-21(16-6-5-7-18(13-16)30-3)26(24(29)23(20)28)19-12-14(2)32-25-19/h5-13,21,27H,4H2,1-3H3/b22-20+/t21-/m0/s1. The molecule has 32 heavy (non-hydrogen) atoms. The molecule has 164 valence electrons. The first-order chi connectivity index (χ1) is 15.4. The molecular weight excluding hydrogens is 412 g/mol. The Morgan fingerprint density at radius 2 is 1.88 bits per heavy atom. The van der Waals surface area contributed by atoms with Crippen LogP contribution in [0.4, 0.5) is 5.82 Å². The molecule has 0 radical (unpaired) electrons. The van der Waals surface area contributed by atoms with E-state index in [0.29, 0.717) is 35.0 Å². The van der Waals surface area contributed by atoms with E-state index in [0.717, 1.165) is 0 Å². The van der Waals surface area contributed by atoms with Gasteiger partial charge in [-0.1, -0.05) is 17.3 Å². The average molecular weight is 434 g/mol. The minimum absolute atomic E-state index is 0.0481. The highest BCUT2D eigenvalue weighted by atomic mass is 16.5. The minimum atomic E-state index is -0.916. The number of carbonyl (C=O) groups excluding carboxylic acids is 2. The van der Waals surface area contributed by atoms with Gasteiger partial charge in [0.1, 0.15) is 23.0 Å². The summed E-state index contributed by atoms with van der Waals surface area (Å²) >= 11 is 0. The van der Waals surface area contributed by atoms with E-state index in [4.69, 9.17) is 14.0 Å². The van der Waals surface area contributed by atoms with Crippen molar-refractivity contribution >= 4 is 23.3 Å². The van der Waals surface area contributed by atoms with Crippen LogP contribution >= 0.6 is 0 Å². The lowest BCUT2D eigenvalue weighted by atomic mass is 9.95. The van der Waals surface area contributed by atoms with Gasteiger partial charge in [0.2, 0.25) is 0 Å². The Labute approximate surface area is 184 Å². The number of aliphatic hydroxyl groups excluding tert-OH is 1. The van der Waals surface area contributed by atoms with E-state index in [1.807, 2.05) is 6.92 Å². The predicted octanol–water partition coefficient (Wildman–Crippen LogP) is 4.02. The second-order valence-corrected chi connectivity index (χ2v) is 7.20. The summed E-state index contributed by atoms with van der Waals surface area (Å²) in [7, 11) is 1.52. The molecule has 1 aliphatic heterocycles. The number of nitrogens with zero attached hydrogens (tertiary/aromatic N) is 2. The summed E-state index contributed by atoms with van der Waals surface area (Å²) in [6, 6.07) is 14.3. The molecular formula is C24H22N2O6. The summed E-state index contributed by atoms with van der Waals surface area (Å²) in [6.07, 6.45) is 0. The highest BCUT2D eigenvalue weighted by molar-refractivity contribution is 6.51. The van der Waals surface area contributed by atoms with Gasteiger partial charge in [-0.25, -0.2) is 0 Å². The monoisotopic (exact) mass is 434 g/mol. The second-order valence-electron chi connectivity index (χ2n) is 7.20. The van der Waals surface area contributed by atoms with E-state index in [2.05, 4.69) is 5.16 Å². The molecule has 8 heteroatoms. The molecule has 0 unspecified atom stereocenters. The first-order valence-electron chi connectivity index (χ1n) is 10.1. The summed E-state index contributed by atoms with van der Waals surface area (Å²) in [5.41, 5.74) is 0.917. The average Bonchev–Trinajstić information content (AvgIpc) is 3.34. The number of rotatable bonds is 6. The largest absolute Gasteiger partial charge is 0.507 e. The van der Waals surface area contributed by atoms with Crippen molar-refractivity contribution in [2.45, 2.75) is 19.9 Å². The molecule has 1 saturated heterocycles. The summed E-state index contributed by atoms with van der Waals surface area (Å²) in [5, 5.41) is 15.0. The lowest BCUT2D eigenvalue weighted by Crippen LogP contribution is -2.29. The van der Waals surface area contributed by atoms with Crippen molar-refractivity contribution < 1.29 is 28.7 Å². The van der Waals surface area contributed by atoms with Gasteiger partial charge < -0.3 is 19.1 Å². The number of amides is 1. The van der Waals surface area contributed by atoms with Crippen molar-refractivity contribution in [3.63, 3.8) is 0 Å². The molecule has 1 aromatic heterocycles. The van der Waals surface area contributed by atoms with Crippen molar-refractivity contribution in [3.8, 4) is 11.5 Å². The Kier molecular flexibility index (Phi) is 5.68. The smallest absolute Gasteiger partial charge is 0.301 e. The van der Waals surface area contributed by atoms with Crippen molar-refractivity contribution in [1.82, 2.24) is 5.16 Å². The van der Waals surface area contributed by atoms with E-state index in [-0.39, 0.29) is 17.2 Å². The molecule has 4 rings (SSSR count). The fraction of sp³-hybridized carbons (Fsp3) is 0.208. The fourth-order valence-electron chi connectivity index (χ4n) is 3.69. The summed E-state index contributed by atoms with van der Waals surface area (Å²) in [6.45, 7) is 4.06. The van der Waals surface area contributed by atoms with Gasteiger partial charge in [-0.2, -0.15) is 0 Å². The van der Waals surface area contributed by atoms with Gasteiger partial charge in [0.15, 0.2) is 5.82 Å². The van der Waals surface area contributed by atoms with Crippen molar-refractivity contribution in [3.05, 3.63) is 77.1 Å². The van der Waals surface area contributed by atoms with E-state index in [1.54, 1.807) is 61.5 Å². The van der Waals surface area contributed by atoms with E-state index in [9.17, 15) is 14.7 Å². The van der Waals surface area contributed by atoms with Crippen LogP contribution in [0.1, 0.15) is 29.9 Å². The van der Waals surface area contributed by atoms with Crippen molar-refractivity contribution in [2.24, 2.45) is 0 Å². The summed E-state index contributed by atoms with van der Waals surface area (Å²) in [5.74, 6) is -0.0659. The van der Waals surface area contributed by atoms with Crippen LogP contribution in [0.3, 0.4) is 0 Å². The lowest BCUT2D eigenvalue weighted by molar-refractivity contribution is -0.132. The molecule has 0 aliphatic carbocycles. The van der Waals surface area contributed by atoms with Crippen LogP contribution in [0, 0.1) is 6.92 Å². The molecule has 1 aliphatic rings. The number of aromatic nitrogens is 1. The Hall–Kier alpha value is -4.07. The molecule has 8 nitrogen and oxygen atoms in total. The Morgan fingerprint density at radius 3 is 2.50 bits per heavy atom. The molecule has 0 saturated carbocycles. The maximum Gasteiger partial charge on any atom is 0.301 e. The van der Waals surface area contributed by atoms with Crippen LogP contribution in [-0.2, 0) is 9.59 Å². The van der Waals surface area contributed by atoms with Gasteiger partial charge in [0.05, 0.1) is 25.3 Å². The number of carbonyl (C=O) groups is 2. The van der Waals surface area contributed by atoms with Crippen LogP contribution in [0.25, 0.3) is 5.76 Å². The van der Waals surface area contributed by atoms with Crippen LogP contribution in [0.2, 0.25) is 0 Å². The number of ketones is 1. The number of anilines is 1. The first kappa shape index (κ1) is 21.2. The van der Waals surface area contributed by atoms with Gasteiger partial charge in [-0.15, -0.1) is 0 Å². The Balaban J connectivity index is 1.89. The Morgan fingerprint density at radius 1 is 1.12 bits per heavy atom. The molecule has 0 spiro atoms. The van der Waals surface area contributed by atoms with Crippen molar-refractivity contribution in [1.29, 1.82) is 0 Å². The maximum absolute atomic E-state index is 13.1. The number of ether oxygens (including phenoxy) is 2. The normalized spacial score (nSPS) is 17.6. The fourth-order valence-corrected chi connectivity index (χ4v) is 3.69. The third kappa shape index (κ3) is 3.71. The molecule has 2 heterocycles. The van der Waals surface area contributed by atoms with Gasteiger partial charge in [0.25, 0.3) is 5.78 Å². The maximum atomic E-state index is 13.1. The van der Waals surface area contributed by atoms with E-state index < -0.39 is 17.7 Å². The zero-order valence-electron chi connectivity index (χ0n) is 17.9. The van der Waals surface area contributed by atoms with Gasteiger partial charge >= 0.3 is 5.91 Å². The third-order valence-electron chi connectivity index (χ3n) is 5.16. The van der Waals surface area contributed by atoms with Crippen LogP contribution < -0.4 is 14.4 Å².